The quantitative estimate of drug-likeness (QED) is 0.221. The van der Waals surface area contributed by atoms with E-state index in [2.05, 4.69) is 15.5 Å². The molecule has 1 unspecified atom stereocenters. The first-order valence-electron chi connectivity index (χ1n) is 9.86. The summed E-state index contributed by atoms with van der Waals surface area (Å²) in [5.41, 5.74) is 11.8. The molecule has 1 aromatic carbocycles. The zero-order chi connectivity index (χ0) is 21.2. The van der Waals surface area contributed by atoms with Gasteiger partial charge in [0.15, 0.2) is 5.96 Å². The Balaban J connectivity index is 0.00000450. The highest BCUT2D eigenvalue weighted by molar-refractivity contribution is 14.0. The fraction of sp³-hybridized carbons (Fsp3) is 0.500. The molecule has 0 aromatic heterocycles. The highest BCUT2D eigenvalue weighted by atomic mass is 127. The number of nitrogens with zero attached hydrogens (tertiary/aromatic N) is 2. The summed E-state index contributed by atoms with van der Waals surface area (Å²) in [7, 11) is 0. The Kier molecular flexibility index (Phi) is 11.2. The van der Waals surface area contributed by atoms with E-state index in [-0.39, 0.29) is 48.3 Å². The second-order valence-electron chi connectivity index (χ2n) is 7.14. The molecular formula is C20H31IN6O3. The number of piperidine rings is 1. The van der Waals surface area contributed by atoms with E-state index in [0.29, 0.717) is 18.5 Å². The lowest BCUT2D eigenvalue weighted by Gasteiger charge is -2.34. The van der Waals surface area contributed by atoms with Gasteiger partial charge in [-0.3, -0.25) is 14.4 Å². The molecule has 1 fully saturated rings. The second-order valence-corrected chi connectivity index (χ2v) is 7.14. The Morgan fingerprint density at radius 2 is 1.83 bits per heavy atom. The normalized spacial score (nSPS) is 16.4. The number of guanidine groups is 1. The fourth-order valence-electron chi connectivity index (χ4n) is 3.33. The van der Waals surface area contributed by atoms with Crippen molar-refractivity contribution in [3.8, 4) is 0 Å². The average molecular weight is 530 g/mol. The maximum absolute atomic E-state index is 11.9. The third-order valence-electron chi connectivity index (χ3n) is 4.69. The lowest BCUT2D eigenvalue weighted by molar-refractivity contribution is -0.119. The van der Waals surface area contributed by atoms with Crippen LogP contribution in [0.15, 0.2) is 29.3 Å². The van der Waals surface area contributed by atoms with Crippen molar-refractivity contribution in [3.05, 3.63) is 35.4 Å². The highest BCUT2D eigenvalue weighted by Crippen LogP contribution is 2.19. The number of halogens is 1. The van der Waals surface area contributed by atoms with E-state index in [1.807, 2.05) is 19.1 Å². The molecule has 0 saturated carbocycles. The van der Waals surface area contributed by atoms with Crippen molar-refractivity contribution in [1.82, 2.24) is 15.5 Å². The van der Waals surface area contributed by atoms with Gasteiger partial charge in [0, 0.05) is 31.6 Å². The van der Waals surface area contributed by atoms with Crippen molar-refractivity contribution >= 4 is 47.7 Å². The summed E-state index contributed by atoms with van der Waals surface area (Å²) in [5.74, 6) is -0.135. The van der Waals surface area contributed by atoms with Crippen molar-refractivity contribution in [3.63, 3.8) is 0 Å². The minimum atomic E-state index is -0.587. The molecule has 0 bridgehead atoms. The summed E-state index contributed by atoms with van der Waals surface area (Å²) in [6.07, 6.45) is 2.39. The summed E-state index contributed by atoms with van der Waals surface area (Å²) < 4.78 is 0. The standard InChI is InChI=1S/C20H30N6O3.HI/c1-2-23-20(26-9-3-4-15(13-26)10-17(21)27)25-11-14-5-7-16(8-6-14)19(29)24-12-18(22)28;/h5-8,15H,2-4,9-13H2,1H3,(H2,21,27)(H2,22,28)(H,23,25)(H,24,29);1H. The molecule has 1 aromatic rings. The second kappa shape index (κ2) is 13.0. The number of aliphatic imine (C=N–C) groups is 1. The Labute approximate surface area is 194 Å². The lowest BCUT2D eigenvalue weighted by Crippen LogP contribution is -2.47. The Bertz CT molecular complexity index is 753. The molecule has 166 valence electrons. The number of rotatable bonds is 8. The molecule has 0 radical (unpaired) electrons. The zero-order valence-corrected chi connectivity index (χ0v) is 19.6. The number of likely N-dealkylation sites (tertiary alicyclic amines) is 1. The number of primary amides is 2. The van der Waals surface area contributed by atoms with Crippen molar-refractivity contribution in [2.24, 2.45) is 22.4 Å². The molecule has 1 saturated heterocycles. The van der Waals surface area contributed by atoms with E-state index in [1.165, 1.54) is 0 Å². The van der Waals surface area contributed by atoms with Gasteiger partial charge in [-0.1, -0.05) is 12.1 Å². The summed E-state index contributed by atoms with van der Waals surface area (Å²) >= 11 is 0. The van der Waals surface area contributed by atoms with E-state index in [1.54, 1.807) is 12.1 Å². The molecule has 0 spiro atoms. The monoisotopic (exact) mass is 530 g/mol. The number of hydrogen-bond donors (Lipinski definition) is 4. The summed E-state index contributed by atoms with van der Waals surface area (Å²) in [4.78, 5) is 40.8. The third kappa shape index (κ3) is 8.56. The molecule has 30 heavy (non-hydrogen) atoms. The average Bonchev–Trinajstić information content (AvgIpc) is 2.69. The minimum absolute atomic E-state index is 0. The van der Waals surface area contributed by atoms with Crippen molar-refractivity contribution in [2.75, 3.05) is 26.2 Å². The summed E-state index contributed by atoms with van der Waals surface area (Å²) in [6.45, 7) is 4.68. The van der Waals surface area contributed by atoms with Crippen molar-refractivity contribution < 1.29 is 14.4 Å². The van der Waals surface area contributed by atoms with Crippen LogP contribution < -0.4 is 22.1 Å². The zero-order valence-electron chi connectivity index (χ0n) is 17.2. The molecule has 2 rings (SSSR count). The Morgan fingerprint density at radius 1 is 1.13 bits per heavy atom. The smallest absolute Gasteiger partial charge is 0.251 e. The van der Waals surface area contributed by atoms with Gasteiger partial charge >= 0.3 is 0 Å². The van der Waals surface area contributed by atoms with Gasteiger partial charge in [-0.25, -0.2) is 4.99 Å². The minimum Gasteiger partial charge on any atom is -0.370 e. The first-order valence-corrected chi connectivity index (χ1v) is 9.86. The predicted molar refractivity (Wildman–Crippen MR) is 126 cm³/mol. The van der Waals surface area contributed by atoms with Gasteiger partial charge in [-0.05, 0) is 43.4 Å². The molecule has 1 heterocycles. The van der Waals surface area contributed by atoms with Crippen LogP contribution in [0.4, 0.5) is 0 Å². The van der Waals surface area contributed by atoms with E-state index in [4.69, 9.17) is 16.5 Å². The van der Waals surface area contributed by atoms with Crippen LogP contribution in [0.3, 0.4) is 0 Å². The van der Waals surface area contributed by atoms with Gasteiger partial charge in [0.05, 0.1) is 13.1 Å². The third-order valence-corrected chi connectivity index (χ3v) is 4.69. The number of amides is 3. The fourth-order valence-corrected chi connectivity index (χ4v) is 3.33. The van der Waals surface area contributed by atoms with Gasteiger partial charge in [0.25, 0.3) is 5.91 Å². The molecule has 1 aliphatic rings. The summed E-state index contributed by atoms with van der Waals surface area (Å²) in [5, 5.41) is 5.76. The molecule has 0 aliphatic carbocycles. The number of nitrogens with two attached hydrogens (primary N) is 2. The first kappa shape index (κ1) is 25.7. The number of benzene rings is 1. The molecule has 10 heteroatoms. The van der Waals surface area contributed by atoms with Gasteiger partial charge in [-0.2, -0.15) is 0 Å². The number of nitrogens with one attached hydrogen (secondary N) is 2. The molecule has 3 amide bonds. The van der Waals surface area contributed by atoms with E-state index >= 15 is 0 Å². The maximum Gasteiger partial charge on any atom is 0.251 e. The Hall–Kier alpha value is -2.37. The van der Waals surface area contributed by atoms with Crippen LogP contribution in [0, 0.1) is 5.92 Å². The van der Waals surface area contributed by atoms with Gasteiger partial charge in [0.2, 0.25) is 11.8 Å². The number of carbonyl (C=O) groups is 3. The molecule has 9 nitrogen and oxygen atoms in total. The Morgan fingerprint density at radius 3 is 2.43 bits per heavy atom. The topological polar surface area (TPSA) is 143 Å². The van der Waals surface area contributed by atoms with Crippen LogP contribution in [0.2, 0.25) is 0 Å². The van der Waals surface area contributed by atoms with Crippen LogP contribution in [-0.2, 0) is 16.1 Å². The number of carbonyl (C=O) groups excluding carboxylic acids is 3. The van der Waals surface area contributed by atoms with Crippen LogP contribution in [0.25, 0.3) is 0 Å². The lowest BCUT2D eigenvalue weighted by atomic mass is 9.95. The molecular weight excluding hydrogens is 499 g/mol. The van der Waals surface area contributed by atoms with Crippen LogP contribution in [-0.4, -0.2) is 54.8 Å². The van der Waals surface area contributed by atoms with Crippen LogP contribution >= 0.6 is 24.0 Å². The van der Waals surface area contributed by atoms with Crippen LogP contribution in [0.1, 0.15) is 42.1 Å². The van der Waals surface area contributed by atoms with E-state index < -0.39 is 5.91 Å². The molecule has 1 aliphatic heterocycles. The van der Waals surface area contributed by atoms with E-state index in [0.717, 1.165) is 44.0 Å². The van der Waals surface area contributed by atoms with Gasteiger partial charge in [-0.15, -0.1) is 24.0 Å². The molecule has 1 atom stereocenters. The van der Waals surface area contributed by atoms with Gasteiger partial charge < -0.3 is 27.0 Å². The van der Waals surface area contributed by atoms with Crippen molar-refractivity contribution in [1.29, 1.82) is 0 Å². The number of hydrogen-bond acceptors (Lipinski definition) is 4. The summed E-state index contributed by atoms with van der Waals surface area (Å²) in [6, 6.07) is 7.05. The maximum atomic E-state index is 11.9. The van der Waals surface area contributed by atoms with Crippen molar-refractivity contribution in [2.45, 2.75) is 32.7 Å². The van der Waals surface area contributed by atoms with Crippen LogP contribution in [0.5, 0.6) is 0 Å². The van der Waals surface area contributed by atoms with E-state index in [9.17, 15) is 14.4 Å². The highest BCUT2D eigenvalue weighted by Gasteiger charge is 2.23. The first-order chi connectivity index (χ1) is 13.9. The predicted octanol–water partition coefficient (Wildman–Crippen LogP) is 0.573. The SMILES string of the molecule is CCNC(=NCc1ccc(C(=O)NCC(N)=O)cc1)N1CCCC(CC(N)=O)C1.I. The molecule has 6 N–H and O–H groups in total. The largest absolute Gasteiger partial charge is 0.370 e. The van der Waals surface area contributed by atoms with Gasteiger partial charge in [0.1, 0.15) is 0 Å².